The minimum Gasteiger partial charge on any atom is -0.468 e. The highest BCUT2D eigenvalue weighted by molar-refractivity contribution is 7.09. The number of nitrogens with zero attached hydrogens (tertiary/aromatic N) is 1. The van der Waals surface area contributed by atoms with Crippen LogP contribution in [0.5, 0.6) is 0 Å². The molecule has 0 fully saturated rings. The second kappa shape index (κ2) is 5.09. The van der Waals surface area contributed by atoms with Gasteiger partial charge in [0, 0.05) is 18.1 Å². The van der Waals surface area contributed by atoms with Crippen molar-refractivity contribution < 1.29 is 4.42 Å². The number of nitrogens with one attached hydrogen (secondary N) is 1. The van der Waals surface area contributed by atoms with Gasteiger partial charge < -0.3 is 9.73 Å². The van der Waals surface area contributed by atoms with Gasteiger partial charge in [0.15, 0.2) is 0 Å². The van der Waals surface area contributed by atoms with E-state index >= 15 is 0 Å². The Labute approximate surface area is 93.2 Å². The van der Waals surface area contributed by atoms with Gasteiger partial charge in [0.2, 0.25) is 0 Å². The zero-order chi connectivity index (χ0) is 10.5. The summed E-state index contributed by atoms with van der Waals surface area (Å²) in [6.45, 7) is 2.94. The van der Waals surface area contributed by atoms with Crippen LogP contribution in [-0.4, -0.2) is 4.98 Å². The molecule has 2 aromatic rings. The van der Waals surface area contributed by atoms with Crippen molar-refractivity contribution >= 4 is 11.3 Å². The van der Waals surface area contributed by atoms with Crippen LogP contribution >= 0.6 is 11.3 Å². The monoisotopic (exact) mass is 222 g/mol. The number of hydrogen-bond acceptors (Lipinski definition) is 4. The lowest BCUT2D eigenvalue weighted by Gasteiger charge is -2.12. The highest BCUT2D eigenvalue weighted by atomic mass is 32.1. The third-order valence-electron chi connectivity index (χ3n) is 2.28. The first-order valence-electron chi connectivity index (χ1n) is 5.05. The van der Waals surface area contributed by atoms with Gasteiger partial charge in [-0.2, -0.15) is 0 Å². The molecular formula is C11H14N2OS. The van der Waals surface area contributed by atoms with Gasteiger partial charge >= 0.3 is 0 Å². The normalized spacial score (nSPS) is 12.9. The maximum Gasteiger partial charge on any atom is 0.120 e. The van der Waals surface area contributed by atoms with Crippen molar-refractivity contribution in [3.63, 3.8) is 0 Å². The molecule has 15 heavy (non-hydrogen) atoms. The summed E-state index contributed by atoms with van der Waals surface area (Å²) in [5.74, 6) is 0.994. The van der Waals surface area contributed by atoms with E-state index in [4.69, 9.17) is 4.42 Å². The third kappa shape index (κ3) is 2.67. The smallest absolute Gasteiger partial charge is 0.120 e. The van der Waals surface area contributed by atoms with Crippen LogP contribution in [0.2, 0.25) is 0 Å². The van der Waals surface area contributed by atoms with Crippen LogP contribution in [0.15, 0.2) is 34.4 Å². The zero-order valence-corrected chi connectivity index (χ0v) is 9.46. The lowest BCUT2D eigenvalue weighted by molar-refractivity contribution is 0.403. The van der Waals surface area contributed by atoms with Crippen LogP contribution < -0.4 is 5.32 Å². The van der Waals surface area contributed by atoms with E-state index in [1.165, 1.54) is 0 Å². The number of hydrogen-bond donors (Lipinski definition) is 1. The fourth-order valence-corrected chi connectivity index (χ4v) is 2.05. The van der Waals surface area contributed by atoms with E-state index in [2.05, 4.69) is 17.2 Å². The standard InChI is InChI=1S/C11H14N2OS/c1-2-9(10-4-3-6-14-10)13-8-11-12-5-7-15-11/h3-7,9,13H,2,8H2,1H3. The van der Waals surface area contributed by atoms with Gasteiger partial charge in [-0.1, -0.05) is 6.92 Å². The molecule has 1 N–H and O–H groups in total. The molecule has 0 saturated carbocycles. The van der Waals surface area contributed by atoms with Crippen LogP contribution in [0.1, 0.15) is 30.2 Å². The van der Waals surface area contributed by atoms with Crippen LogP contribution in [0.4, 0.5) is 0 Å². The third-order valence-corrected chi connectivity index (χ3v) is 3.06. The van der Waals surface area contributed by atoms with E-state index in [1.54, 1.807) is 17.6 Å². The fraction of sp³-hybridized carbons (Fsp3) is 0.364. The van der Waals surface area contributed by atoms with Gasteiger partial charge in [-0.15, -0.1) is 11.3 Å². The Bertz CT molecular complexity index is 369. The molecule has 0 aliphatic carbocycles. The van der Waals surface area contributed by atoms with Crippen LogP contribution in [0.3, 0.4) is 0 Å². The average molecular weight is 222 g/mol. The second-order valence-corrected chi connectivity index (χ2v) is 4.26. The van der Waals surface area contributed by atoms with Gasteiger partial charge in [0.25, 0.3) is 0 Å². The molecule has 4 heteroatoms. The molecule has 2 aromatic heterocycles. The average Bonchev–Trinajstić information content (AvgIpc) is 2.90. The number of rotatable bonds is 5. The zero-order valence-electron chi connectivity index (χ0n) is 8.64. The van der Waals surface area contributed by atoms with Crippen LogP contribution in [0.25, 0.3) is 0 Å². The maximum absolute atomic E-state index is 5.38. The van der Waals surface area contributed by atoms with Gasteiger partial charge in [-0.25, -0.2) is 4.98 Å². The first-order valence-corrected chi connectivity index (χ1v) is 5.93. The summed E-state index contributed by atoms with van der Waals surface area (Å²) < 4.78 is 5.38. The molecule has 1 unspecified atom stereocenters. The van der Waals surface area contributed by atoms with Gasteiger partial charge in [-0.3, -0.25) is 0 Å². The lowest BCUT2D eigenvalue weighted by atomic mass is 10.2. The molecule has 2 rings (SSSR count). The van der Waals surface area contributed by atoms with Crippen molar-refractivity contribution in [1.82, 2.24) is 10.3 Å². The molecule has 0 aliphatic heterocycles. The summed E-state index contributed by atoms with van der Waals surface area (Å²) in [7, 11) is 0. The van der Waals surface area contributed by atoms with E-state index in [9.17, 15) is 0 Å². The summed E-state index contributed by atoms with van der Waals surface area (Å²) in [6.07, 6.45) is 4.55. The van der Waals surface area contributed by atoms with E-state index in [1.807, 2.05) is 23.7 Å². The van der Waals surface area contributed by atoms with Crippen LogP contribution in [0, 0.1) is 0 Å². The Morgan fingerprint density at radius 1 is 1.60 bits per heavy atom. The molecule has 80 valence electrons. The lowest BCUT2D eigenvalue weighted by Crippen LogP contribution is -2.19. The Hall–Kier alpha value is -1.13. The van der Waals surface area contributed by atoms with Crippen molar-refractivity contribution in [2.45, 2.75) is 25.9 Å². The molecule has 0 aliphatic rings. The minimum absolute atomic E-state index is 0.281. The van der Waals surface area contributed by atoms with Crippen molar-refractivity contribution in [2.24, 2.45) is 0 Å². The predicted molar refractivity (Wildman–Crippen MR) is 60.7 cm³/mol. The first-order chi connectivity index (χ1) is 7.40. The van der Waals surface area contributed by atoms with E-state index in [-0.39, 0.29) is 6.04 Å². The van der Waals surface area contributed by atoms with Gasteiger partial charge in [0.05, 0.1) is 12.3 Å². The Balaban J connectivity index is 1.92. The molecule has 0 spiro atoms. The summed E-state index contributed by atoms with van der Waals surface area (Å²) in [6, 6.07) is 4.20. The summed E-state index contributed by atoms with van der Waals surface area (Å²) >= 11 is 1.67. The minimum atomic E-state index is 0.281. The number of aromatic nitrogens is 1. The Kier molecular flexibility index (Phi) is 3.53. The number of thiazole rings is 1. The second-order valence-electron chi connectivity index (χ2n) is 3.28. The van der Waals surface area contributed by atoms with Crippen molar-refractivity contribution in [3.8, 4) is 0 Å². The highest BCUT2D eigenvalue weighted by Crippen LogP contribution is 2.17. The molecular weight excluding hydrogens is 208 g/mol. The van der Waals surface area contributed by atoms with E-state index in [0.29, 0.717) is 0 Å². The van der Waals surface area contributed by atoms with E-state index < -0.39 is 0 Å². The van der Waals surface area contributed by atoms with Crippen molar-refractivity contribution in [1.29, 1.82) is 0 Å². The first kappa shape index (κ1) is 10.4. The van der Waals surface area contributed by atoms with Gasteiger partial charge in [0.1, 0.15) is 10.8 Å². The predicted octanol–water partition coefficient (Wildman–Crippen LogP) is 2.98. The largest absolute Gasteiger partial charge is 0.468 e. The quantitative estimate of drug-likeness (QED) is 0.845. The Morgan fingerprint density at radius 2 is 2.53 bits per heavy atom. The molecule has 0 bridgehead atoms. The maximum atomic E-state index is 5.38. The number of furan rings is 1. The molecule has 0 aromatic carbocycles. The molecule has 0 amide bonds. The van der Waals surface area contributed by atoms with Crippen molar-refractivity contribution in [3.05, 3.63) is 40.7 Å². The Morgan fingerprint density at radius 3 is 3.13 bits per heavy atom. The fourth-order valence-electron chi connectivity index (χ4n) is 1.49. The van der Waals surface area contributed by atoms with Gasteiger partial charge in [-0.05, 0) is 18.6 Å². The van der Waals surface area contributed by atoms with Crippen LogP contribution in [-0.2, 0) is 6.54 Å². The summed E-state index contributed by atoms with van der Waals surface area (Å²) in [5, 5.41) is 6.53. The van der Waals surface area contributed by atoms with E-state index in [0.717, 1.165) is 23.7 Å². The summed E-state index contributed by atoms with van der Waals surface area (Å²) in [4.78, 5) is 4.23. The molecule has 2 heterocycles. The molecule has 0 saturated heterocycles. The van der Waals surface area contributed by atoms with Crippen molar-refractivity contribution in [2.75, 3.05) is 0 Å². The summed E-state index contributed by atoms with van der Waals surface area (Å²) in [5.41, 5.74) is 0. The SMILES string of the molecule is CCC(NCc1nccs1)c1ccco1. The molecule has 3 nitrogen and oxygen atoms in total. The molecule has 0 radical (unpaired) electrons. The topological polar surface area (TPSA) is 38.1 Å². The highest BCUT2D eigenvalue weighted by Gasteiger charge is 2.11. The molecule has 1 atom stereocenters.